The summed E-state index contributed by atoms with van der Waals surface area (Å²) >= 11 is 11.7. The van der Waals surface area contributed by atoms with E-state index in [9.17, 15) is 4.79 Å². The molecule has 19 heavy (non-hydrogen) atoms. The summed E-state index contributed by atoms with van der Waals surface area (Å²) in [6, 6.07) is 8.70. The van der Waals surface area contributed by atoms with Gasteiger partial charge in [0, 0.05) is 11.4 Å². The lowest BCUT2D eigenvalue weighted by molar-refractivity contribution is -0.115. The lowest BCUT2D eigenvalue weighted by Crippen LogP contribution is -2.09. The molecule has 0 saturated heterocycles. The van der Waals surface area contributed by atoms with E-state index in [1.54, 1.807) is 34.9 Å². The zero-order valence-electron chi connectivity index (χ0n) is 9.60. The number of benzene rings is 1. The fourth-order valence-electron chi connectivity index (χ4n) is 1.47. The Morgan fingerprint density at radius 2 is 2.05 bits per heavy atom. The van der Waals surface area contributed by atoms with Crippen LogP contribution in [0.2, 0.25) is 10.3 Å². The van der Waals surface area contributed by atoms with Crippen LogP contribution in [0.3, 0.4) is 0 Å². The van der Waals surface area contributed by atoms with Crippen molar-refractivity contribution in [3.8, 4) is 11.8 Å². The predicted octanol–water partition coefficient (Wildman–Crippen LogP) is 3.03. The lowest BCUT2D eigenvalue weighted by Gasteiger charge is -2.06. The van der Waals surface area contributed by atoms with Crippen LogP contribution < -0.4 is 5.32 Å². The van der Waals surface area contributed by atoms with Crippen LogP contribution in [0.1, 0.15) is 6.42 Å². The topological polar surface area (TPSA) is 70.7 Å². The lowest BCUT2D eigenvalue weighted by atomic mass is 10.2. The largest absolute Gasteiger partial charge is 0.325 e. The number of amides is 1. The van der Waals surface area contributed by atoms with Gasteiger partial charge in [-0.15, -0.1) is 0 Å². The van der Waals surface area contributed by atoms with Crippen LogP contribution in [-0.2, 0) is 4.79 Å². The van der Waals surface area contributed by atoms with Crippen molar-refractivity contribution in [1.29, 1.82) is 5.26 Å². The molecule has 1 heterocycles. The SMILES string of the molecule is N#CCC(=O)Nc1ccc(-n2cnc(Cl)c2Cl)cc1. The third kappa shape index (κ3) is 3.05. The normalized spacial score (nSPS) is 9.95. The third-order valence-corrected chi connectivity index (χ3v) is 3.07. The summed E-state index contributed by atoms with van der Waals surface area (Å²) in [5.74, 6) is -0.348. The smallest absolute Gasteiger partial charge is 0.238 e. The number of nitrogens with one attached hydrogen (secondary N) is 1. The molecule has 0 fully saturated rings. The first-order valence-electron chi connectivity index (χ1n) is 5.27. The zero-order chi connectivity index (χ0) is 13.8. The van der Waals surface area contributed by atoms with E-state index in [0.29, 0.717) is 10.8 Å². The number of anilines is 1. The molecular weight excluding hydrogens is 287 g/mol. The maximum atomic E-state index is 11.2. The minimum atomic E-state index is -0.348. The van der Waals surface area contributed by atoms with Crippen LogP contribution in [0.4, 0.5) is 5.69 Å². The Balaban J connectivity index is 2.17. The minimum Gasteiger partial charge on any atom is -0.325 e. The summed E-state index contributed by atoms with van der Waals surface area (Å²) in [7, 11) is 0. The fourth-order valence-corrected chi connectivity index (χ4v) is 1.80. The van der Waals surface area contributed by atoms with E-state index in [-0.39, 0.29) is 17.5 Å². The molecule has 1 N–H and O–H groups in total. The van der Waals surface area contributed by atoms with Crippen LogP contribution >= 0.6 is 23.2 Å². The Labute approximate surface area is 119 Å². The minimum absolute atomic E-state index is 0.176. The number of nitrogens with zero attached hydrogens (tertiary/aromatic N) is 3. The van der Waals surface area contributed by atoms with Gasteiger partial charge in [-0.05, 0) is 24.3 Å². The Morgan fingerprint density at radius 1 is 1.37 bits per heavy atom. The Kier molecular flexibility index (Phi) is 4.05. The summed E-state index contributed by atoms with van der Waals surface area (Å²) in [6.45, 7) is 0. The first-order valence-corrected chi connectivity index (χ1v) is 6.03. The standard InChI is InChI=1S/C12H8Cl2N4O/c13-11-12(14)18(7-16-11)9-3-1-8(2-4-9)17-10(19)5-6-15/h1-4,7H,5H2,(H,17,19). The van der Waals surface area contributed by atoms with Gasteiger partial charge in [0.1, 0.15) is 12.7 Å². The molecule has 0 spiro atoms. The molecule has 0 aliphatic rings. The van der Waals surface area contributed by atoms with Crippen LogP contribution in [0.25, 0.3) is 5.69 Å². The zero-order valence-corrected chi connectivity index (χ0v) is 11.1. The van der Waals surface area contributed by atoms with Gasteiger partial charge in [-0.25, -0.2) is 4.98 Å². The van der Waals surface area contributed by atoms with Gasteiger partial charge in [-0.2, -0.15) is 5.26 Å². The fraction of sp³-hybridized carbons (Fsp3) is 0.0833. The third-order valence-electron chi connectivity index (χ3n) is 2.34. The first kappa shape index (κ1) is 13.4. The average molecular weight is 295 g/mol. The molecule has 5 nitrogen and oxygen atoms in total. The highest BCUT2D eigenvalue weighted by Gasteiger charge is 2.08. The van der Waals surface area contributed by atoms with Crippen LogP contribution in [0, 0.1) is 11.3 Å². The second-order valence-corrected chi connectivity index (χ2v) is 4.34. The highest BCUT2D eigenvalue weighted by molar-refractivity contribution is 6.40. The molecule has 2 rings (SSSR count). The van der Waals surface area contributed by atoms with Crippen molar-refractivity contribution in [1.82, 2.24) is 9.55 Å². The Bertz CT molecular complexity index is 643. The molecule has 0 aliphatic carbocycles. The van der Waals surface area contributed by atoms with Gasteiger partial charge in [0.25, 0.3) is 0 Å². The van der Waals surface area contributed by atoms with Gasteiger partial charge in [-0.1, -0.05) is 23.2 Å². The van der Waals surface area contributed by atoms with E-state index >= 15 is 0 Å². The molecule has 1 amide bonds. The second kappa shape index (κ2) is 5.74. The number of hydrogen-bond acceptors (Lipinski definition) is 3. The summed E-state index contributed by atoms with van der Waals surface area (Å²) in [5.41, 5.74) is 1.37. The molecule has 0 unspecified atom stereocenters. The number of aromatic nitrogens is 2. The molecule has 0 atom stereocenters. The maximum absolute atomic E-state index is 11.2. The molecule has 1 aromatic heterocycles. The molecule has 2 aromatic rings. The van der Waals surface area contributed by atoms with E-state index < -0.39 is 0 Å². The number of carbonyl (C=O) groups excluding carboxylic acids is 1. The van der Waals surface area contributed by atoms with Crippen molar-refractivity contribution in [2.75, 3.05) is 5.32 Å². The van der Waals surface area contributed by atoms with Gasteiger partial charge >= 0.3 is 0 Å². The van der Waals surface area contributed by atoms with Crippen LogP contribution in [0.15, 0.2) is 30.6 Å². The van der Waals surface area contributed by atoms with Gasteiger partial charge in [-0.3, -0.25) is 9.36 Å². The van der Waals surface area contributed by atoms with E-state index in [0.717, 1.165) is 5.69 Å². The van der Waals surface area contributed by atoms with Crippen molar-refractivity contribution in [3.05, 3.63) is 40.9 Å². The summed E-state index contributed by atoms with van der Waals surface area (Å²) < 4.78 is 1.62. The van der Waals surface area contributed by atoms with Crippen LogP contribution in [0.5, 0.6) is 0 Å². The van der Waals surface area contributed by atoms with Crippen LogP contribution in [-0.4, -0.2) is 15.5 Å². The molecule has 0 saturated carbocycles. The average Bonchev–Trinajstić information content (AvgIpc) is 2.71. The first-order chi connectivity index (χ1) is 9.11. The molecule has 0 aliphatic heterocycles. The molecule has 7 heteroatoms. The number of hydrogen-bond donors (Lipinski definition) is 1. The van der Waals surface area contributed by atoms with Gasteiger partial charge < -0.3 is 5.32 Å². The maximum Gasteiger partial charge on any atom is 0.238 e. The highest BCUT2D eigenvalue weighted by Crippen LogP contribution is 2.24. The van der Waals surface area contributed by atoms with Gasteiger partial charge in [0.2, 0.25) is 5.91 Å². The van der Waals surface area contributed by atoms with E-state index in [2.05, 4.69) is 10.3 Å². The van der Waals surface area contributed by atoms with Gasteiger partial charge in [0.05, 0.1) is 6.07 Å². The highest BCUT2D eigenvalue weighted by atomic mass is 35.5. The molecule has 1 aromatic carbocycles. The number of carbonyl (C=O) groups is 1. The molecule has 96 valence electrons. The summed E-state index contributed by atoms with van der Waals surface area (Å²) in [5, 5.41) is 11.5. The Hall–Kier alpha value is -2.03. The summed E-state index contributed by atoms with van der Waals surface area (Å²) in [6.07, 6.45) is 1.33. The second-order valence-electron chi connectivity index (χ2n) is 3.63. The molecule has 0 bridgehead atoms. The number of halogens is 2. The molecular formula is C12H8Cl2N4O. The van der Waals surface area contributed by atoms with Crippen molar-refractivity contribution >= 4 is 34.8 Å². The van der Waals surface area contributed by atoms with E-state index in [1.807, 2.05) is 0 Å². The van der Waals surface area contributed by atoms with E-state index in [1.165, 1.54) is 6.33 Å². The van der Waals surface area contributed by atoms with Crippen molar-refractivity contribution in [3.63, 3.8) is 0 Å². The van der Waals surface area contributed by atoms with Crippen molar-refractivity contribution in [2.45, 2.75) is 6.42 Å². The summed E-state index contributed by atoms with van der Waals surface area (Å²) in [4.78, 5) is 15.1. The van der Waals surface area contributed by atoms with E-state index in [4.69, 9.17) is 28.5 Å². The Morgan fingerprint density at radius 3 is 2.58 bits per heavy atom. The van der Waals surface area contributed by atoms with Crippen molar-refractivity contribution < 1.29 is 4.79 Å². The quantitative estimate of drug-likeness (QED) is 0.946. The van der Waals surface area contributed by atoms with Gasteiger partial charge in [0.15, 0.2) is 10.3 Å². The number of nitriles is 1. The molecule has 0 radical (unpaired) electrons. The predicted molar refractivity (Wildman–Crippen MR) is 72.4 cm³/mol. The number of rotatable bonds is 3. The van der Waals surface area contributed by atoms with Crippen molar-refractivity contribution in [2.24, 2.45) is 0 Å². The number of imidazole rings is 1. The monoisotopic (exact) mass is 294 g/mol.